The van der Waals surface area contributed by atoms with Crippen LogP contribution in [0.2, 0.25) is 0 Å². The maximum atomic E-state index is 11.4. The summed E-state index contributed by atoms with van der Waals surface area (Å²) in [5.41, 5.74) is 7.90. The number of nitrogens with two attached hydrogens (primary N) is 1. The van der Waals surface area contributed by atoms with Crippen LogP contribution in [0.25, 0.3) is 5.57 Å². The number of nitrogens with zero attached hydrogens (tertiary/aromatic N) is 1. The topological polar surface area (TPSA) is 96.4 Å². The van der Waals surface area contributed by atoms with E-state index in [2.05, 4.69) is 4.99 Å². The minimum Gasteiger partial charge on any atom is -0.368 e. The van der Waals surface area contributed by atoms with E-state index in [-0.39, 0.29) is 5.96 Å². The van der Waals surface area contributed by atoms with E-state index >= 15 is 0 Å². The zero-order chi connectivity index (χ0) is 16.8. The zero-order valence-electron chi connectivity index (χ0n) is 13.0. The molecule has 1 aromatic carbocycles. The van der Waals surface area contributed by atoms with Gasteiger partial charge in [0.2, 0.25) is 5.96 Å². The van der Waals surface area contributed by atoms with Gasteiger partial charge in [-0.25, -0.2) is 13.4 Å². The molecule has 0 aliphatic heterocycles. The molecular formula is C16H21N3O2S. The molecule has 0 saturated carbocycles. The smallest absolute Gasteiger partial charge is 0.212 e. The van der Waals surface area contributed by atoms with E-state index in [9.17, 15) is 8.42 Å². The number of aliphatic imine (C=N–C) groups is 1. The van der Waals surface area contributed by atoms with Gasteiger partial charge < -0.3 is 5.73 Å². The van der Waals surface area contributed by atoms with Crippen molar-refractivity contribution in [2.45, 2.75) is 25.2 Å². The number of benzene rings is 1. The second-order valence-electron chi connectivity index (χ2n) is 4.85. The number of hydrogen-bond donors (Lipinski definition) is 2. The predicted molar refractivity (Wildman–Crippen MR) is 92.0 cm³/mol. The molecule has 0 aliphatic carbocycles. The van der Waals surface area contributed by atoms with Crippen molar-refractivity contribution in [1.82, 2.24) is 0 Å². The van der Waals surface area contributed by atoms with Crippen LogP contribution < -0.4 is 5.73 Å². The molecule has 0 amide bonds. The van der Waals surface area contributed by atoms with Gasteiger partial charge in [0.15, 0.2) is 9.84 Å². The molecule has 118 valence electrons. The Morgan fingerprint density at radius 2 is 1.91 bits per heavy atom. The Morgan fingerprint density at radius 3 is 2.36 bits per heavy atom. The Kier molecular flexibility index (Phi) is 6.24. The third kappa shape index (κ3) is 5.65. The molecule has 0 spiro atoms. The molecule has 6 heteroatoms. The lowest BCUT2D eigenvalue weighted by Crippen LogP contribution is -2.08. The first-order valence-electron chi connectivity index (χ1n) is 6.81. The monoisotopic (exact) mass is 319 g/mol. The summed E-state index contributed by atoms with van der Waals surface area (Å²) in [6.07, 6.45) is 7.42. The van der Waals surface area contributed by atoms with Crippen molar-refractivity contribution in [1.29, 1.82) is 5.41 Å². The Balaban J connectivity index is 2.92. The molecule has 0 saturated heterocycles. The van der Waals surface area contributed by atoms with Crippen molar-refractivity contribution in [3.63, 3.8) is 0 Å². The second-order valence-corrected chi connectivity index (χ2v) is 6.86. The molecule has 5 nitrogen and oxygen atoms in total. The van der Waals surface area contributed by atoms with Gasteiger partial charge in [0.1, 0.15) is 0 Å². The fourth-order valence-corrected chi connectivity index (χ4v) is 2.38. The van der Waals surface area contributed by atoms with Crippen molar-refractivity contribution in [3.05, 3.63) is 48.1 Å². The average Bonchev–Trinajstić information content (AvgIpc) is 2.44. The number of guanidine groups is 1. The van der Waals surface area contributed by atoms with Crippen LogP contribution in [0.3, 0.4) is 0 Å². The van der Waals surface area contributed by atoms with Crippen LogP contribution in [0, 0.1) is 5.41 Å². The molecule has 3 N–H and O–H groups in total. The van der Waals surface area contributed by atoms with Gasteiger partial charge in [0.25, 0.3) is 0 Å². The molecule has 0 radical (unpaired) electrons. The average molecular weight is 319 g/mol. The SMILES string of the molecule is CCC(/C=C\C=C(/C)c1ccc(S(C)(=O)=O)cc1)=NC(=N)N. The maximum absolute atomic E-state index is 11.4. The number of hydrogen-bond acceptors (Lipinski definition) is 3. The van der Waals surface area contributed by atoms with Crippen LogP contribution in [-0.2, 0) is 9.84 Å². The van der Waals surface area contributed by atoms with Gasteiger partial charge in [-0.1, -0.05) is 31.2 Å². The van der Waals surface area contributed by atoms with Gasteiger partial charge in [-0.05, 0) is 42.7 Å². The summed E-state index contributed by atoms with van der Waals surface area (Å²) in [7, 11) is -3.17. The van der Waals surface area contributed by atoms with Crippen LogP contribution in [0.15, 0.2) is 52.4 Å². The van der Waals surface area contributed by atoms with E-state index in [1.807, 2.05) is 26.0 Å². The summed E-state index contributed by atoms with van der Waals surface area (Å²) in [5.74, 6) is -0.210. The highest BCUT2D eigenvalue weighted by molar-refractivity contribution is 7.90. The molecule has 0 aromatic heterocycles. The van der Waals surface area contributed by atoms with E-state index < -0.39 is 9.84 Å². The molecule has 0 atom stereocenters. The highest BCUT2D eigenvalue weighted by atomic mass is 32.2. The van der Waals surface area contributed by atoms with Crippen LogP contribution in [0.1, 0.15) is 25.8 Å². The first-order valence-corrected chi connectivity index (χ1v) is 8.70. The molecule has 22 heavy (non-hydrogen) atoms. The first-order chi connectivity index (χ1) is 10.2. The largest absolute Gasteiger partial charge is 0.368 e. The van der Waals surface area contributed by atoms with Gasteiger partial charge in [-0.15, -0.1) is 0 Å². The minimum absolute atomic E-state index is 0.210. The standard InChI is InChI=1S/C16H21N3O2S/c1-4-14(19-16(17)18)7-5-6-12(2)13-8-10-15(11-9-13)22(3,20)21/h5-11H,4H2,1-3H3,(H3,17,18)/b7-5-,12-6+,19-14?. The first kappa shape index (κ1) is 17.8. The third-order valence-electron chi connectivity index (χ3n) is 3.00. The van der Waals surface area contributed by atoms with Crippen molar-refractivity contribution in [2.24, 2.45) is 10.7 Å². The highest BCUT2D eigenvalue weighted by Crippen LogP contribution is 2.17. The van der Waals surface area contributed by atoms with E-state index in [0.717, 1.165) is 16.8 Å². The Hall–Kier alpha value is -2.21. The maximum Gasteiger partial charge on any atom is 0.212 e. The summed E-state index contributed by atoms with van der Waals surface area (Å²) < 4.78 is 22.8. The Labute approximate surface area is 131 Å². The van der Waals surface area contributed by atoms with Crippen LogP contribution in [0.5, 0.6) is 0 Å². The van der Waals surface area contributed by atoms with Crippen LogP contribution >= 0.6 is 0 Å². The normalized spacial score (nSPS) is 13.6. The van der Waals surface area contributed by atoms with Crippen molar-refractivity contribution >= 4 is 27.1 Å². The number of nitrogens with one attached hydrogen (secondary N) is 1. The highest BCUT2D eigenvalue weighted by Gasteiger charge is 2.06. The van der Waals surface area contributed by atoms with Crippen LogP contribution in [0.4, 0.5) is 0 Å². The number of sulfone groups is 1. The summed E-state index contributed by atoms with van der Waals surface area (Å²) in [5, 5.41) is 7.14. The Morgan fingerprint density at radius 1 is 1.32 bits per heavy atom. The fraction of sp³-hybridized carbons (Fsp3) is 0.250. The molecular weight excluding hydrogens is 298 g/mol. The van der Waals surface area contributed by atoms with Crippen molar-refractivity contribution in [3.8, 4) is 0 Å². The molecule has 1 rings (SSSR count). The Bertz CT molecular complexity index is 727. The molecule has 1 aromatic rings. The fourth-order valence-electron chi connectivity index (χ4n) is 1.75. The van der Waals surface area contributed by atoms with Crippen molar-refractivity contribution < 1.29 is 8.42 Å². The van der Waals surface area contributed by atoms with E-state index in [0.29, 0.717) is 11.3 Å². The quantitative estimate of drug-likeness (QED) is 0.496. The van der Waals surface area contributed by atoms with Crippen LogP contribution in [-0.4, -0.2) is 26.3 Å². The van der Waals surface area contributed by atoms with E-state index in [1.54, 1.807) is 30.3 Å². The molecule has 0 bridgehead atoms. The lowest BCUT2D eigenvalue weighted by molar-refractivity contribution is 0.602. The summed E-state index contributed by atoms with van der Waals surface area (Å²) >= 11 is 0. The third-order valence-corrected chi connectivity index (χ3v) is 4.13. The van der Waals surface area contributed by atoms with E-state index in [4.69, 9.17) is 11.1 Å². The lowest BCUT2D eigenvalue weighted by atomic mass is 10.1. The zero-order valence-corrected chi connectivity index (χ0v) is 13.8. The molecule has 0 unspecified atom stereocenters. The number of rotatable bonds is 5. The van der Waals surface area contributed by atoms with Gasteiger partial charge in [0, 0.05) is 12.0 Å². The van der Waals surface area contributed by atoms with Gasteiger partial charge in [-0.3, -0.25) is 5.41 Å². The number of allylic oxidation sites excluding steroid dienone is 4. The lowest BCUT2D eigenvalue weighted by Gasteiger charge is -2.02. The van der Waals surface area contributed by atoms with E-state index in [1.165, 1.54) is 6.26 Å². The van der Waals surface area contributed by atoms with Gasteiger partial charge in [0.05, 0.1) is 4.90 Å². The summed E-state index contributed by atoms with van der Waals surface area (Å²) in [6, 6.07) is 6.75. The predicted octanol–water partition coefficient (Wildman–Crippen LogP) is 2.79. The van der Waals surface area contributed by atoms with Gasteiger partial charge >= 0.3 is 0 Å². The van der Waals surface area contributed by atoms with Crippen molar-refractivity contribution in [2.75, 3.05) is 6.26 Å². The minimum atomic E-state index is -3.17. The molecule has 0 aliphatic rings. The van der Waals surface area contributed by atoms with Gasteiger partial charge in [-0.2, -0.15) is 0 Å². The molecule has 0 fully saturated rings. The summed E-state index contributed by atoms with van der Waals surface area (Å²) in [6.45, 7) is 3.88. The second kappa shape index (κ2) is 7.70. The summed E-state index contributed by atoms with van der Waals surface area (Å²) in [4.78, 5) is 4.21. The molecule has 0 heterocycles.